The van der Waals surface area contributed by atoms with Crippen LogP contribution >= 0.6 is 0 Å². The predicted molar refractivity (Wildman–Crippen MR) is 81.2 cm³/mol. The number of amides is 1. The van der Waals surface area contributed by atoms with Gasteiger partial charge in [0.25, 0.3) is 0 Å². The van der Waals surface area contributed by atoms with E-state index in [1.165, 1.54) is 11.0 Å². The predicted octanol–water partition coefficient (Wildman–Crippen LogP) is 3.48. The third-order valence-corrected chi connectivity index (χ3v) is 3.27. The van der Waals surface area contributed by atoms with Crippen LogP contribution in [0.3, 0.4) is 0 Å². The molecule has 0 atom stereocenters. The Morgan fingerprint density at radius 3 is 2.60 bits per heavy atom. The van der Waals surface area contributed by atoms with Gasteiger partial charge in [0, 0.05) is 13.0 Å². The lowest BCUT2D eigenvalue weighted by Crippen LogP contribution is -2.33. The van der Waals surface area contributed by atoms with Crippen molar-refractivity contribution in [2.24, 2.45) is 5.73 Å². The molecule has 0 fully saturated rings. The van der Waals surface area contributed by atoms with Gasteiger partial charge in [0.15, 0.2) is 0 Å². The largest absolute Gasteiger partial charge is 0.330 e. The van der Waals surface area contributed by atoms with Crippen molar-refractivity contribution in [3.8, 4) is 0 Å². The molecule has 0 aliphatic rings. The molecule has 0 radical (unpaired) electrons. The third kappa shape index (κ3) is 5.29. The maximum Gasteiger partial charge on any atom is 0.227 e. The molecule has 0 aliphatic heterocycles. The second kappa shape index (κ2) is 9.48. The minimum atomic E-state index is -0.355. The van der Waals surface area contributed by atoms with Gasteiger partial charge in [-0.15, -0.1) is 0 Å². The lowest BCUT2D eigenvalue weighted by atomic mass is 10.1. The molecule has 4 heteroatoms. The van der Waals surface area contributed by atoms with Crippen molar-refractivity contribution >= 4 is 11.6 Å². The van der Waals surface area contributed by atoms with E-state index < -0.39 is 0 Å². The van der Waals surface area contributed by atoms with Crippen molar-refractivity contribution in [1.82, 2.24) is 0 Å². The number of hydrogen-bond donors (Lipinski definition) is 1. The Morgan fingerprint density at radius 2 is 1.95 bits per heavy atom. The summed E-state index contributed by atoms with van der Waals surface area (Å²) in [6, 6.07) is 6.41. The summed E-state index contributed by atoms with van der Waals surface area (Å²) in [5, 5.41) is 0. The Balaban J connectivity index is 2.68. The highest BCUT2D eigenvalue weighted by molar-refractivity contribution is 5.93. The van der Waals surface area contributed by atoms with Gasteiger partial charge in [-0.05, 0) is 31.5 Å². The number of hydrogen-bond acceptors (Lipinski definition) is 2. The number of nitrogens with two attached hydrogens (primary N) is 1. The summed E-state index contributed by atoms with van der Waals surface area (Å²) in [5.41, 5.74) is 5.86. The van der Waals surface area contributed by atoms with E-state index in [0.29, 0.717) is 31.6 Å². The lowest BCUT2D eigenvalue weighted by Gasteiger charge is -2.23. The second-order valence-corrected chi connectivity index (χ2v) is 4.95. The molecule has 0 unspecified atom stereocenters. The van der Waals surface area contributed by atoms with E-state index >= 15 is 0 Å². The quantitative estimate of drug-likeness (QED) is 0.704. The van der Waals surface area contributed by atoms with Crippen molar-refractivity contribution in [2.75, 3.05) is 18.0 Å². The monoisotopic (exact) mass is 280 g/mol. The molecular weight excluding hydrogens is 255 g/mol. The Kier molecular flexibility index (Phi) is 7.88. The Morgan fingerprint density at radius 1 is 1.20 bits per heavy atom. The number of nitrogens with zero attached hydrogens (tertiary/aromatic N) is 1. The summed E-state index contributed by atoms with van der Waals surface area (Å²) in [5.74, 6) is -0.369. The van der Waals surface area contributed by atoms with Crippen molar-refractivity contribution in [2.45, 2.75) is 45.4 Å². The first-order chi connectivity index (χ1) is 9.70. The van der Waals surface area contributed by atoms with E-state index in [0.717, 1.165) is 25.7 Å². The van der Waals surface area contributed by atoms with E-state index in [2.05, 4.69) is 6.92 Å². The fraction of sp³-hybridized carbons (Fsp3) is 0.562. The number of carbonyl (C=O) groups is 1. The zero-order valence-electron chi connectivity index (χ0n) is 12.3. The maximum absolute atomic E-state index is 13.8. The van der Waals surface area contributed by atoms with E-state index in [4.69, 9.17) is 5.73 Å². The van der Waals surface area contributed by atoms with E-state index in [9.17, 15) is 9.18 Å². The Hall–Kier alpha value is -1.42. The number of rotatable bonds is 9. The van der Waals surface area contributed by atoms with Crippen LogP contribution in [-0.4, -0.2) is 19.0 Å². The van der Waals surface area contributed by atoms with Gasteiger partial charge in [-0.3, -0.25) is 4.79 Å². The Bertz CT molecular complexity index is 409. The number of carbonyl (C=O) groups excluding carboxylic acids is 1. The fourth-order valence-corrected chi connectivity index (χ4v) is 2.14. The van der Waals surface area contributed by atoms with Gasteiger partial charge in [-0.1, -0.05) is 38.3 Å². The molecule has 20 heavy (non-hydrogen) atoms. The molecule has 0 aromatic heterocycles. The van der Waals surface area contributed by atoms with Crippen LogP contribution in [0.1, 0.15) is 45.4 Å². The van der Waals surface area contributed by atoms with Crippen LogP contribution in [0.4, 0.5) is 10.1 Å². The highest BCUT2D eigenvalue weighted by atomic mass is 19.1. The minimum Gasteiger partial charge on any atom is -0.330 e. The molecule has 3 nitrogen and oxygen atoms in total. The first-order valence-corrected chi connectivity index (χ1v) is 7.45. The molecule has 112 valence electrons. The van der Waals surface area contributed by atoms with Crippen molar-refractivity contribution in [3.05, 3.63) is 30.1 Å². The second-order valence-electron chi connectivity index (χ2n) is 4.95. The smallest absolute Gasteiger partial charge is 0.227 e. The van der Waals surface area contributed by atoms with E-state index in [-0.39, 0.29) is 11.7 Å². The summed E-state index contributed by atoms with van der Waals surface area (Å²) in [7, 11) is 0. The summed E-state index contributed by atoms with van der Waals surface area (Å²) >= 11 is 0. The zero-order valence-corrected chi connectivity index (χ0v) is 12.3. The van der Waals surface area contributed by atoms with Gasteiger partial charge in [-0.2, -0.15) is 0 Å². The lowest BCUT2D eigenvalue weighted by molar-refractivity contribution is -0.118. The first kappa shape index (κ1) is 16.6. The number of anilines is 1. The summed E-state index contributed by atoms with van der Waals surface area (Å²) in [6.07, 6.45) is 5.33. The molecule has 0 spiro atoms. The third-order valence-electron chi connectivity index (χ3n) is 3.27. The molecule has 1 aromatic carbocycles. The molecule has 2 N–H and O–H groups in total. The number of benzene rings is 1. The maximum atomic E-state index is 13.8. The van der Waals surface area contributed by atoms with Crippen molar-refractivity contribution < 1.29 is 9.18 Å². The van der Waals surface area contributed by atoms with Crippen molar-refractivity contribution in [1.29, 1.82) is 0 Å². The highest BCUT2D eigenvalue weighted by Crippen LogP contribution is 2.20. The molecule has 0 saturated heterocycles. The van der Waals surface area contributed by atoms with Crippen LogP contribution < -0.4 is 10.6 Å². The highest BCUT2D eigenvalue weighted by Gasteiger charge is 2.17. The summed E-state index contributed by atoms with van der Waals surface area (Å²) in [6.45, 7) is 3.10. The van der Waals surface area contributed by atoms with Crippen molar-refractivity contribution in [3.63, 3.8) is 0 Å². The fourth-order valence-electron chi connectivity index (χ4n) is 2.14. The van der Waals surface area contributed by atoms with E-state index in [1.54, 1.807) is 18.2 Å². The first-order valence-electron chi connectivity index (χ1n) is 7.45. The van der Waals surface area contributed by atoms with Gasteiger partial charge in [-0.25, -0.2) is 4.39 Å². The molecule has 0 bridgehead atoms. The zero-order chi connectivity index (χ0) is 14.8. The molecule has 1 amide bonds. The molecule has 0 saturated carbocycles. The number of halogens is 1. The van der Waals surface area contributed by atoms with Crippen LogP contribution in [0.5, 0.6) is 0 Å². The van der Waals surface area contributed by atoms with Crippen LogP contribution in [-0.2, 0) is 4.79 Å². The standard InChI is InChI=1S/C16H25FN2O/c1-2-3-4-5-11-16(20)19(13-8-12-18)15-10-7-6-9-14(15)17/h6-7,9-10H,2-5,8,11-13,18H2,1H3. The van der Waals surface area contributed by atoms with Crippen LogP contribution in [0.25, 0.3) is 0 Å². The van der Waals surface area contributed by atoms with Gasteiger partial charge >= 0.3 is 0 Å². The van der Waals surface area contributed by atoms with Crippen LogP contribution in [0, 0.1) is 5.82 Å². The van der Waals surface area contributed by atoms with Gasteiger partial charge in [0.2, 0.25) is 5.91 Å². The molecule has 1 rings (SSSR count). The summed E-state index contributed by atoms with van der Waals surface area (Å²) in [4.78, 5) is 13.8. The summed E-state index contributed by atoms with van der Waals surface area (Å²) < 4.78 is 13.8. The molecule has 0 heterocycles. The van der Waals surface area contributed by atoms with Gasteiger partial charge in [0.1, 0.15) is 5.82 Å². The van der Waals surface area contributed by atoms with Gasteiger partial charge < -0.3 is 10.6 Å². The Labute approximate surface area is 121 Å². The van der Waals surface area contributed by atoms with Gasteiger partial charge in [0.05, 0.1) is 5.69 Å². The molecular formula is C16H25FN2O. The topological polar surface area (TPSA) is 46.3 Å². The van der Waals surface area contributed by atoms with E-state index in [1.807, 2.05) is 0 Å². The van der Waals surface area contributed by atoms with Crippen LogP contribution in [0.2, 0.25) is 0 Å². The average molecular weight is 280 g/mol. The number of unbranched alkanes of at least 4 members (excludes halogenated alkanes) is 3. The number of para-hydroxylation sites is 1. The average Bonchev–Trinajstić information content (AvgIpc) is 2.46. The SMILES string of the molecule is CCCCCCC(=O)N(CCCN)c1ccccc1F. The normalized spacial score (nSPS) is 10.6. The molecule has 1 aromatic rings. The molecule has 0 aliphatic carbocycles. The minimum absolute atomic E-state index is 0.0142. The van der Waals surface area contributed by atoms with Crippen LogP contribution in [0.15, 0.2) is 24.3 Å².